The zero-order chi connectivity index (χ0) is 31.1. The average molecular weight is 630 g/mol. The summed E-state index contributed by atoms with van der Waals surface area (Å²) in [5, 5.41) is 0. The first-order valence-electron chi connectivity index (χ1n) is 13.6. The number of amides is 1. The largest absolute Gasteiger partial charge is 0.305 e. The van der Waals surface area contributed by atoms with Gasteiger partial charge in [0.05, 0.1) is 12.2 Å². The van der Waals surface area contributed by atoms with Gasteiger partial charge < -0.3 is 4.90 Å². The van der Waals surface area contributed by atoms with E-state index in [-0.39, 0.29) is 18.7 Å². The monoisotopic (exact) mass is 629 g/mol. The van der Waals surface area contributed by atoms with Crippen LogP contribution in [0.5, 0.6) is 0 Å². The highest BCUT2D eigenvalue weighted by Gasteiger charge is 2.48. The van der Waals surface area contributed by atoms with Crippen molar-refractivity contribution in [3.05, 3.63) is 88.5 Å². The number of benzene rings is 2. The van der Waals surface area contributed by atoms with Gasteiger partial charge in [0.2, 0.25) is 21.7 Å². The minimum atomic E-state index is -5.39. The van der Waals surface area contributed by atoms with Crippen LogP contribution in [0, 0.1) is 29.1 Å². The molecule has 230 valence electrons. The molecule has 1 aliphatic heterocycles. The smallest absolute Gasteiger partial charge is 0.263 e. The minimum Gasteiger partial charge on any atom is -0.305 e. The summed E-state index contributed by atoms with van der Waals surface area (Å²) in [7, 11) is -5.39. The van der Waals surface area contributed by atoms with Crippen molar-refractivity contribution >= 4 is 21.6 Å². The number of aromatic nitrogens is 1. The first-order valence-corrected chi connectivity index (χ1v) is 15.0. The maximum atomic E-state index is 14.4. The fourth-order valence-electron chi connectivity index (χ4n) is 5.50. The van der Waals surface area contributed by atoms with Gasteiger partial charge in [-0.25, -0.2) is 39.2 Å². The summed E-state index contributed by atoms with van der Waals surface area (Å²) in [6, 6.07) is 6.72. The molecular formula is C29H26F7N3O3S. The molecule has 1 saturated carbocycles. The third kappa shape index (κ3) is 5.86. The van der Waals surface area contributed by atoms with Crippen LogP contribution >= 0.6 is 0 Å². The zero-order valence-electron chi connectivity index (χ0n) is 22.6. The Labute approximate surface area is 243 Å². The van der Waals surface area contributed by atoms with E-state index < -0.39 is 74.5 Å². The van der Waals surface area contributed by atoms with Gasteiger partial charge >= 0.3 is 0 Å². The number of carbonyl (C=O) groups excluding carboxylic acids is 1. The van der Waals surface area contributed by atoms with E-state index in [9.17, 15) is 43.9 Å². The summed E-state index contributed by atoms with van der Waals surface area (Å²) in [6.45, 7) is -0.735. The summed E-state index contributed by atoms with van der Waals surface area (Å²) in [6.07, 6.45) is 4.01. The fraction of sp³-hybridized carbons (Fsp3) is 0.379. The van der Waals surface area contributed by atoms with Crippen molar-refractivity contribution in [1.29, 1.82) is 0 Å². The molecule has 43 heavy (non-hydrogen) atoms. The van der Waals surface area contributed by atoms with Gasteiger partial charge in [-0.1, -0.05) is 37.5 Å². The van der Waals surface area contributed by atoms with Gasteiger partial charge in [0.1, 0.15) is 6.04 Å². The number of rotatable bonds is 8. The van der Waals surface area contributed by atoms with Crippen LogP contribution in [0.2, 0.25) is 0 Å². The van der Waals surface area contributed by atoms with Gasteiger partial charge in [0.25, 0.3) is 6.43 Å². The van der Waals surface area contributed by atoms with E-state index in [4.69, 9.17) is 0 Å². The van der Waals surface area contributed by atoms with E-state index in [1.54, 1.807) is 12.3 Å². The van der Waals surface area contributed by atoms with Crippen molar-refractivity contribution < 1.29 is 43.9 Å². The maximum absolute atomic E-state index is 14.4. The standard InChI is InChI=1S/C29H26F7N3O3S/c30-22-23(31)25(33)27(26(34)24(22)32)43(41,42)39-12-11-21(39)29(40)38(20-8-4-7-17(13-20)28(35)36)15-19-10-9-18(14-37-19)16-5-2-1-3-6-16/h4,7-10,13-14,16,21,28H,1-3,5-6,11-12,15H2. The van der Waals surface area contributed by atoms with Crippen LogP contribution in [-0.4, -0.2) is 36.2 Å². The molecule has 2 fully saturated rings. The van der Waals surface area contributed by atoms with Gasteiger partial charge in [0.15, 0.2) is 28.2 Å². The summed E-state index contributed by atoms with van der Waals surface area (Å²) in [4.78, 5) is 17.2. The fourth-order valence-corrected chi connectivity index (χ4v) is 7.24. The Morgan fingerprint density at radius 1 is 0.907 bits per heavy atom. The Balaban J connectivity index is 1.47. The lowest BCUT2D eigenvalue weighted by atomic mass is 9.85. The van der Waals surface area contributed by atoms with Crippen LogP contribution in [0.25, 0.3) is 0 Å². The summed E-state index contributed by atoms with van der Waals surface area (Å²) < 4.78 is 124. The molecule has 5 rings (SSSR count). The average Bonchev–Trinajstić information content (AvgIpc) is 2.97. The van der Waals surface area contributed by atoms with E-state index in [0.29, 0.717) is 15.9 Å². The first kappa shape index (κ1) is 30.9. The predicted molar refractivity (Wildman–Crippen MR) is 141 cm³/mol. The van der Waals surface area contributed by atoms with Crippen LogP contribution in [0.3, 0.4) is 0 Å². The number of nitrogens with zero attached hydrogens (tertiary/aromatic N) is 3. The second-order valence-electron chi connectivity index (χ2n) is 10.6. The molecule has 0 bridgehead atoms. The molecule has 0 radical (unpaired) electrons. The number of hydrogen-bond acceptors (Lipinski definition) is 4. The third-order valence-electron chi connectivity index (χ3n) is 7.94. The van der Waals surface area contributed by atoms with Crippen molar-refractivity contribution in [2.45, 2.75) is 68.4 Å². The highest BCUT2D eigenvalue weighted by molar-refractivity contribution is 7.89. The minimum absolute atomic E-state index is 0.0264. The summed E-state index contributed by atoms with van der Waals surface area (Å²) >= 11 is 0. The SMILES string of the molecule is O=C(C1CCN1S(=O)(=O)c1c(F)c(F)c(F)c(F)c1F)N(Cc1ccc(C2CCCCC2)cn1)c1cccc(C(F)F)c1. The van der Waals surface area contributed by atoms with Crippen LogP contribution in [0.4, 0.5) is 36.4 Å². The van der Waals surface area contributed by atoms with E-state index in [2.05, 4.69) is 4.98 Å². The molecule has 3 aromatic rings. The number of halogens is 7. The lowest BCUT2D eigenvalue weighted by Gasteiger charge is -2.41. The molecular weight excluding hydrogens is 603 g/mol. The molecule has 1 atom stereocenters. The molecule has 6 nitrogen and oxygen atoms in total. The molecule has 1 saturated heterocycles. The molecule has 0 spiro atoms. The Bertz CT molecular complexity index is 1600. The summed E-state index contributed by atoms with van der Waals surface area (Å²) in [5.74, 6) is -13.2. The molecule has 1 unspecified atom stereocenters. The Hall–Kier alpha value is -3.52. The van der Waals surface area contributed by atoms with Gasteiger partial charge in [-0.3, -0.25) is 9.78 Å². The number of hydrogen-bond donors (Lipinski definition) is 0. The second kappa shape index (κ2) is 12.2. The topological polar surface area (TPSA) is 70.6 Å². The van der Waals surface area contributed by atoms with E-state index in [1.807, 2.05) is 6.07 Å². The van der Waals surface area contributed by atoms with Gasteiger partial charge in [-0.15, -0.1) is 0 Å². The molecule has 1 aromatic heterocycles. The molecule has 14 heteroatoms. The van der Waals surface area contributed by atoms with Gasteiger partial charge in [-0.2, -0.15) is 4.31 Å². The predicted octanol–water partition coefficient (Wildman–Crippen LogP) is 6.76. The molecule has 1 aliphatic carbocycles. The lowest BCUT2D eigenvalue weighted by Crippen LogP contribution is -2.59. The lowest BCUT2D eigenvalue weighted by molar-refractivity contribution is -0.125. The van der Waals surface area contributed by atoms with Crippen molar-refractivity contribution in [1.82, 2.24) is 9.29 Å². The van der Waals surface area contributed by atoms with Crippen LogP contribution in [0.1, 0.15) is 67.7 Å². The van der Waals surface area contributed by atoms with Gasteiger partial charge in [0, 0.05) is 24.0 Å². The zero-order valence-corrected chi connectivity index (χ0v) is 23.4. The highest BCUT2D eigenvalue weighted by Crippen LogP contribution is 2.36. The van der Waals surface area contributed by atoms with E-state index in [0.717, 1.165) is 54.7 Å². The molecule has 2 aliphatic rings. The number of carbonyl (C=O) groups is 1. The number of sulfonamides is 1. The molecule has 2 aromatic carbocycles. The van der Waals surface area contributed by atoms with Crippen molar-refractivity contribution in [3.8, 4) is 0 Å². The number of pyridine rings is 1. The van der Waals surface area contributed by atoms with Crippen molar-refractivity contribution in [2.24, 2.45) is 0 Å². The Morgan fingerprint density at radius 3 is 2.12 bits per heavy atom. The quantitative estimate of drug-likeness (QED) is 0.157. The highest BCUT2D eigenvalue weighted by atomic mass is 32.2. The van der Waals surface area contributed by atoms with Crippen LogP contribution < -0.4 is 4.90 Å². The normalized spacial score (nSPS) is 18.1. The summed E-state index contributed by atoms with van der Waals surface area (Å²) in [5.41, 5.74) is 0.917. The van der Waals surface area contributed by atoms with E-state index >= 15 is 0 Å². The van der Waals surface area contributed by atoms with E-state index in [1.165, 1.54) is 12.1 Å². The molecule has 2 heterocycles. The van der Waals surface area contributed by atoms with Crippen LogP contribution in [-0.2, 0) is 21.4 Å². The molecule has 1 amide bonds. The first-order chi connectivity index (χ1) is 20.4. The van der Waals surface area contributed by atoms with Gasteiger partial charge in [-0.05, 0) is 48.9 Å². The number of alkyl halides is 2. The Kier molecular flexibility index (Phi) is 8.80. The second-order valence-corrected chi connectivity index (χ2v) is 12.4. The van der Waals surface area contributed by atoms with Crippen LogP contribution in [0.15, 0.2) is 47.5 Å². The Morgan fingerprint density at radius 2 is 1.56 bits per heavy atom. The van der Waals surface area contributed by atoms with Crippen molar-refractivity contribution in [2.75, 3.05) is 11.4 Å². The maximum Gasteiger partial charge on any atom is 0.263 e. The van der Waals surface area contributed by atoms with Crippen molar-refractivity contribution in [3.63, 3.8) is 0 Å². The molecule has 0 N–H and O–H groups in total. The third-order valence-corrected chi connectivity index (χ3v) is 9.86. The number of anilines is 1.